The van der Waals surface area contributed by atoms with Crippen LogP contribution in [0.15, 0.2) is 60.7 Å². The molecule has 6 heteroatoms. The molecule has 1 N–H and O–H groups in total. The number of hydrogen-bond acceptors (Lipinski definition) is 4. The van der Waals surface area contributed by atoms with Gasteiger partial charge in [-0.15, -0.1) is 0 Å². The largest absolute Gasteiger partial charge is 0.445 e. The van der Waals surface area contributed by atoms with Crippen LogP contribution in [0.4, 0.5) is 4.79 Å². The Balaban J connectivity index is 1.33. The molecule has 166 valence electrons. The van der Waals surface area contributed by atoms with Gasteiger partial charge in [-0.2, -0.15) is 5.10 Å². The summed E-state index contributed by atoms with van der Waals surface area (Å²) < 4.78 is 7.52. The molecule has 2 bridgehead atoms. The summed E-state index contributed by atoms with van der Waals surface area (Å²) in [6.45, 7) is 4.27. The van der Waals surface area contributed by atoms with Crippen molar-refractivity contribution in [2.45, 2.75) is 63.8 Å². The number of carbonyl (C=O) groups is 1. The van der Waals surface area contributed by atoms with Crippen molar-refractivity contribution in [3.05, 3.63) is 83.2 Å². The number of aryl methyl sites for hydroxylation is 2. The third-order valence-corrected chi connectivity index (χ3v) is 6.82. The molecule has 2 saturated heterocycles. The molecule has 2 aliphatic heterocycles. The quantitative estimate of drug-likeness (QED) is 0.653. The van der Waals surface area contributed by atoms with Crippen molar-refractivity contribution in [1.29, 1.82) is 0 Å². The second kappa shape index (κ2) is 8.10. The van der Waals surface area contributed by atoms with Crippen molar-refractivity contribution in [2.75, 3.05) is 0 Å². The van der Waals surface area contributed by atoms with Gasteiger partial charge in [0.15, 0.2) is 0 Å². The summed E-state index contributed by atoms with van der Waals surface area (Å²) in [5.41, 5.74) is 3.86. The molecule has 3 heterocycles. The number of fused-ring (bicyclic) bond motifs is 2. The second-order valence-electron chi connectivity index (χ2n) is 9.16. The molecule has 0 spiro atoms. The van der Waals surface area contributed by atoms with Crippen LogP contribution in [0.1, 0.15) is 48.2 Å². The molecule has 1 amide bonds. The summed E-state index contributed by atoms with van der Waals surface area (Å²) in [6.07, 6.45) is 2.55. The predicted octanol–water partition coefficient (Wildman–Crippen LogP) is 4.64. The minimum Gasteiger partial charge on any atom is -0.445 e. The van der Waals surface area contributed by atoms with Crippen LogP contribution in [0.5, 0.6) is 0 Å². The van der Waals surface area contributed by atoms with Crippen LogP contribution in [-0.2, 0) is 16.9 Å². The van der Waals surface area contributed by atoms with Crippen LogP contribution in [-0.4, -0.2) is 38.0 Å². The summed E-state index contributed by atoms with van der Waals surface area (Å²) in [5, 5.41) is 16.2. The van der Waals surface area contributed by atoms with Crippen LogP contribution in [0.3, 0.4) is 0 Å². The van der Waals surface area contributed by atoms with E-state index in [1.165, 1.54) is 0 Å². The molecule has 32 heavy (non-hydrogen) atoms. The monoisotopic (exact) mass is 431 g/mol. The Kier molecular flexibility index (Phi) is 5.25. The number of rotatable bonds is 4. The molecule has 2 atom stereocenters. The summed E-state index contributed by atoms with van der Waals surface area (Å²) in [5.74, 6) is 0. The number of amides is 1. The molecule has 0 aliphatic carbocycles. The highest BCUT2D eigenvalue weighted by Crippen LogP contribution is 2.46. The normalized spacial score (nSPS) is 24.5. The van der Waals surface area contributed by atoms with E-state index in [2.05, 4.69) is 5.10 Å². The van der Waals surface area contributed by atoms with Gasteiger partial charge in [0.2, 0.25) is 0 Å². The predicted molar refractivity (Wildman–Crippen MR) is 121 cm³/mol. The number of nitrogens with zero attached hydrogens (tertiary/aromatic N) is 3. The van der Waals surface area contributed by atoms with E-state index in [1.807, 2.05) is 84.1 Å². The van der Waals surface area contributed by atoms with Gasteiger partial charge in [0.25, 0.3) is 0 Å². The lowest BCUT2D eigenvalue weighted by atomic mass is 9.80. The van der Waals surface area contributed by atoms with E-state index >= 15 is 0 Å². The van der Waals surface area contributed by atoms with Gasteiger partial charge < -0.3 is 14.7 Å². The van der Waals surface area contributed by atoms with Gasteiger partial charge in [-0.25, -0.2) is 9.48 Å². The Morgan fingerprint density at radius 1 is 1.06 bits per heavy atom. The van der Waals surface area contributed by atoms with E-state index in [4.69, 9.17) is 4.74 Å². The second-order valence-corrected chi connectivity index (χ2v) is 9.16. The summed E-state index contributed by atoms with van der Waals surface area (Å²) >= 11 is 0. The van der Waals surface area contributed by atoms with Gasteiger partial charge in [0.05, 0.1) is 17.0 Å². The van der Waals surface area contributed by atoms with Crippen molar-refractivity contribution in [2.24, 2.45) is 0 Å². The first-order chi connectivity index (χ1) is 15.4. The zero-order valence-corrected chi connectivity index (χ0v) is 18.6. The number of aromatic nitrogens is 2. The number of ether oxygens (including phenoxy) is 1. The zero-order valence-electron chi connectivity index (χ0n) is 18.6. The van der Waals surface area contributed by atoms with Gasteiger partial charge in [0.1, 0.15) is 6.61 Å². The maximum absolute atomic E-state index is 12.9. The van der Waals surface area contributed by atoms with Crippen molar-refractivity contribution in [1.82, 2.24) is 14.7 Å². The topological polar surface area (TPSA) is 67.6 Å². The zero-order chi connectivity index (χ0) is 22.3. The highest BCUT2D eigenvalue weighted by Gasteiger charge is 2.50. The van der Waals surface area contributed by atoms with E-state index in [0.29, 0.717) is 12.8 Å². The summed E-state index contributed by atoms with van der Waals surface area (Å²) in [7, 11) is 0. The summed E-state index contributed by atoms with van der Waals surface area (Å²) in [4.78, 5) is 14.7. The van der Waals surface area contributed by atoms with Gasteiger partial charge >= 0.3 is 6.09 Å². The fraction of sp³-hybridized carbons (Fsp3) is 0.385. The number of aliphatic hydroxyl groups is 1. The van der Waals surface area contributed by atoms with Crippen molar-refractivity contribution < 1.29 is 14.6 Å². The Labute approximate surface area is 188 Å². The van der Waals surface area contributed by atoms with Crippen molar-refractivity contribution in [3.8, 4) is 5.69 Å². The Hall–Kier alpha value is -3.12. The lowest BCUT2D eigenvalue weighted by molar-refractivity contribution is -0.0536. The Morgan fingerprint density at radius 3 is 2.44 bits per heavy atom. The minimum absolute atomic E-state index is 0.0145. The number of benzene rings is 2. The summed E-state index contributed by atoms with van der Waals surface area (Å²) in [6, 6.07) is 19.7. The molecular formula is C26H29N3O3. The van der Waals surface area contributed by atoms with E-state index in [0.717, 1.165) is 41.0 Å². The molecule has 1 aromatic heterocycles. The molecule has 2 aromatic carbocycles. The van der Waals surface area contributed by atoms with Gasteiger partial charge in [0, 0.05) is 30.6 Å². The maximum atomic E-state index is 12.9. The van der Waals surface area contributed by atoms with Crippen molar-refractivity contribution in [3.63, 3.8) is 0 Å². The standard InChI is InChI=1S/C26H29N3O3/c1-18-13-19(2)29(27-18)22-10-6-9-21(14-22)26(31)15-23-11-12-24(16-26)28(23)25(30)32-17-20-7-4-3-5-8-20/h3-10,13-14,23-24,31H,11-12,15-17H2,1-2H3. The first-order valence-corrected chi connectivity index (χ1v) is 11.3. The van der Waals surface area contributed by atoms with E-state index < -0.39 is 5.60 Å². The highest BCUT2D eigenvalue weighted by molar-refractivity contribution is 5.69. The van der Waals surface area contributed by atoms with E-state index in [9.17, 15) is 9.90 Å². The third kappa shape index (κ3) is 3.79. The van der Waals surface area contributed by atoms with E-state index in [-0.39, 0.29) is 24.8 Å². The molecule has 6 nitrogen and oxygen atoms in total. The van der Waals surface area contributed by atoms with Gasteiger partial charge in [-0.3, -0.25) is 0 Å². The first kappa shape index (κ1) is 20.8. The van der Waals surface area contributed by atoms with Crippen molar-refractivity contribution >= 4 is 6.09 Å². The molecule has 0 saturated carbocycles. The van der Waals surface area contributed by atoms with Gasteiger partial charge in [-0.05, 0) is 56.0 Å². The fourth-order valence-electron chi connectivity index (χ4n) is 5.37. The lowest BCUT2D eigenvalue weighted by Crippen LogP contribution is -2.52. The fourth-order valence-corrected chi connectivity index (χ4v) is 5.37. The van der Waals surface area contributed by atoms with Gasteiger partial charge in [-0.1, -0.05) is 42.5 Å². The smallest absolute Gasteiger partial charge is 0.410 e. The first-order valence-electron chi connectivity index (χ1n) is 11.3. The highest BCUT2D eigenvalue weighted by atomic mass is 16.6. The van der Waals surface area contributed by atoms with E-state index in [1.54, 1.807) is 0 Å². The molecule has 2 aliphatic rings. The minimum atomic E-state index is -0.964. The average molecular weight is 432 g/mol. The average Bonchev–Trinajstić information content (AvgIpc) is 3.28. The van der Waals surface area contributed by atoms with Crippen LogP contribution in [0.2, 0.25) is 0 Å². The molecule has 2 unspecified atom stereocenters. The maximum Gasteiger partial charge on any atom is 0.410 e. The Morgan fingerprint density at radius 2 is 1.78 bits per heavy atom. The molecule has 3 aromatic rings. The molecule has 5 rings (SSSR count). The number of piperidine rings is 1. The van der Waals surface area contributed by atoms with Crippen LogP contribution in [0, 0.1) is 13.8 Å². The van der Waals surface area contributed by atoms with Crippen LogP contribution >= 0.6 is 0 Å². The number of carbonyl (C=O) groups excluding carboxylic acids is 1. The Bertz CT molecular complexity index is 1110. The molecule has 0 radical (unpaired) electrons. The third-order valence-electron chi connectivity index (χ3n) is 6.82. The molecule has 2 fully saturated rings. The van der Waals surface area contributed by atoms with Crippen LogP contribution < -0.4 is 0 Å². The molecular weight excluding hydrogens is 402 g/mol. The van der Waals surface area contributed by atoms with Crippen LogP contribution in [0.25, 0.3) is 5.69 Å². The number of hydrogen-bond donors (Lipinski definition) is 1. The SMILES string of the molecule is Cc1cc(C)n(-c2cccc(C3(O)CC4CCC(C3)N4C(=O)OCc3ccccc3)c2)n1. The lowest BCUT2D eigenvalue weighted by Gasteiger charge is -2.43.